The summed E-state index contributed by atoms with van der Waals surface area (Å²) in [5.74, 6) is 1.11. The Morgan fingerprint density at radius 3 is 2.80 bits per heavy atom. The number of anilines is 1. The van der Waals surface area contributed by atoms with Crippen molar-refractivity contribution in [1.29, 1.82) is 0 Å². The molecule has 4 heteroatoms. The summed E-state index contributed by atoms with van der Waals surface area (Å²) in [7, 11) is 0. The van der Waals surface area contributed by atoms with Crippen molar-refractivity contribution in [3.05, 3.63) is 17.0 Å². The molecule has 0 aromatic carbocycles. The van der Waals surface area contributed by atoms with Crippen LogP contribution in [0.25, 0.3) is 0 Å². The van der Waals surface area contributed by atoms with Crippen LogP contribution in [0.4, 0.5) is 5.82 Å². The molecule has 1 aromatic rings. The van der Waals surface area contributed by atoms with Crippen LogP contribution in [0.2, 0.25) is 5.15 Å². The fourth-order valence-corrected chi connectivity index (χ4v) is 0.851. The average molecular weight is 158 g/mol. The van der Waals surface area contributed by atoms with E-state index < -0.39 is 0 Å². The number of rotatable bonds is 1. The Morgan fingerprint density at radius 1 is 1.60 bits per heavy atom. The van der Waals surface area contributed by atoms with Gasteiger partial charge in [0.15, 0.2) is 0 Å². The molecule has 1 heterocycles. The molecular weight excluding hydrogens is 150 g/mol. The first-order chi connectivity index (χ1) is 4.72. The number of halogens is 1. The maximum atomic E-state index is 5.60. The topological polar surface area (TPSA) is 51.8 Å². The molecule has 3 nitrogen and oxygen atoms in total. The van der Waals surface area contributed by atoms with Gasteiger partial charge in [0, 0.05) is 12.5 Å². The maximum absolute atomic E-state index is 5.60. The first-order valence-corrected chi connectivity index (χ1v) is 3.39. The summed E-state index contributed by atoms with van der Waals surface area (Å²) in [5, 5.41) is 0.407. The Labute approximate surface area is 64.2 Å². The lowest BCUT2D eigenvalue weighted by Gasteiger charge is -1.96. The second-order valence-electron chi connectivity index (χ2n) is 1.89. The van der Waals surface area contributed by atoms with Crippen molar-refractivity contribution in [2.45, 2.75) is 13.3 Å². The van der Waals surface area contributed by atoms with Crippen LogP contribution >= 0.6 is 11.6 Å². The molecule has 0 atom stereocenters. The van der Waals surface area contributed by atoms with Gasteiger partial charge in [-0.1, -0.05) is 18.5 Å². The van der Waals surface area contributed by atoms with Crippen LogP contribution in [0.5, 0.6) is 0 Å². The molecule has 10 heavy (non-hydrogen) atoms. The molecule has 0 aliphatic rings. The predicted molar refractivity (Wildman–Crippen MR) is 40.8 cm³/mol. The monoisotopic (exact) mass is 157 g/mol. The molecule has 0 saturated carbocycles. The molecule has 0 radical (unpaired) electrons. The highest BCUT2D eigenvalue weighted by Crippen LogP contribution is 2.07. The number of nitrogens with zero attached hydrogens (tertiary/aromatic N) is 2. The predicted octanol–water partition coefficient (Wildman–Crippen LogP) is 1.27. The lowest BCUT2D eigenvalue weighted by Crippen LogP contribution is -1.97. The number of hydrogen-bond acceptors (Lipinski definition) is 3. The highest BCUT2D eigenvalue weighted by Gasteiger charge is 1.96. The lowest BCUT2D eigenvalue weighted by atomic mass is 10.4. The van der Waals surface area contributed by atoms with Gasteiger partial charge in [0.2, 0.25) is 0 Å². The molecule has 54 valence electrons. The Hall–Kier alpha value is -0.830. The minimum atomic E-state index is 0.407. The first kappa shape index (κ1) is 7.28. The van der Waals surface area contributed by atoms with E-state index in [9.17, 15) is 0 Å². The van der Waals surface area contributed by atoms with Gasteiger partial charge in [-0.25, -0.2) is 9.97 Å². The van der Waals surface area contributed by atoms with Crippen LogP contribution in [-0.2, 0) is 6.42 Å². The van der Waals surface area contributed by atoms with E-state index >= 15 is 0 Å². The molecule has 0 spiro atoms. The fraction of sp³-hybridized carbons (Fsp3) is 0.333. The molecule has 1 aromatic heterocycles. The minimum Gasteiger partial charge on any atom is -0.384 e. The van der Waals surface area contributed by atoms with Crippen LogP contribution in [0.15, 0.2) is 6.07 Å². The van der Waals surface area contributed by atoms with E-state index in [0.717, 1.165) is 6.42 Å². The normalized spacial score (nSPS) is 9.80. The first-order valence-electron chi connectivity index (χ1n) is 3.01. The van der Waals surface area contributed by atoms with Crippen molar-refractivity contribution in [2.24, 2.45) is 0 Å². The Balaban J connectivity index is 3.06. The van der Waals surface area contributed by atoms with Crippen molar-refractivity contribution in [3.8, 4) is 0 Å². The van der Waals surface area contributed by atoms with Gasteiger partial charge in [0.05, 0.1) is 0 Å². The number of aryl methyl sites for hydroxylation is 1. The Bertz CT molecular complexity index is 216. The second kappa shape index (κ2) is 2.84. The van der Waals surface area contributed by atoms with E-state index in [1.165, 1.54) is 6.07 Å². The molecule has 1 rings (SSSR count). The summed E-state index contributed by atoms with van der Waals surface area (Å²) in [4.78, 5) is 7.86. The van der Waals surface area contributed by atoms with E-state index in [1.54, 1.807) is 0 Å². The van der Waals surface area contributed by atoms with Gasteiger partial charge in [0.25, 0.3) is 0 Å². The molecule has 0 saturated heterocycles. The number of nitrogen functional groups attached to an aromatic ring is 1. The highest BCUT2D eigenvalue weighted by molar-refractivity contribution is 6.29. The zero-order valence-electron chi connectivity index (χ0n) is 5.63. The molecule has 0 bridgehead atoms. The van der Waals surface area contributed by atoms with Crippen LogP contribution in [0, 0.1) is 0 Å². The van der Waals surface area contributed by atoms with Crippen LogP contribution < -0.4 is 5.73 Å². The van der Waals surface area contributed by atoms with Gasteiger partial charge < -0.3 is 5.73 Å². The highest BCUT2D eigenvalue weighted by atomic mass is 35.5. The van der Waals surface area contributed by atoms with Crippen molar-refractivity contribution < 1.29 is 0 Å². The summed E-state index contributed by atoms with van der Waals surface area (Å²) in [6, 6.07) is 1.53. The van der Waals surface area contributed by atoms with Gasteiger partial charge in [-0.2, -0.15) is 0 Å². The van der Waals surface area contributed by atoms with Crippen molar-refractivity contribution in [3.63, 3.8) is 0 Å². The molecule has 0 aliphatic heterocycles. The van der Waals surface area contributed by atoms with Crippen molar-refractivity contribution in [2.75, 3.05) is 5.73 Å². The second-order valence-corrected chi connectivity index (χ2v) is 2.27. The van der Waals surface area contributed by atoms with E-state index in [2.05, 4.69) is 9.97 Å². The van der Waals surface area contributed by atoms with Crippen molar-refractivity contribution >= 4 is 17.4 Å². The largest absolute Gasteiger partial charge is 0.384 e. The quantitative estimate of drug-likeness (QED) is 0.625. The summed E-state index contributed by atoms with van der Waals surface area (Å²) in [6.07, 6.45) is 0.755. The SMILES string of the molecule is CCc1nc(N)cc(Cl)n1. The van der Waals surface area contributed by atoms with Gasteiger partial charge in [0.1, 0.15) is 16.8 Å². The van der Waals surface area contributed by atoms with Gasteiger partial charge in [-0.05, 0) is 0 Å². The fourth-order valence-electron chi connectivity index (χ4n) is 0.642. The standard InChI is InChI=1S/C6H8ClN3/c1-2-6-9-4(7)3-5(8)10-6/h3H,2H2,1H3,(H2,8,9,10). The van der Waals surface area contributed by atoms with E-state index in [1.807, 2.05) is 6.92 Å². The van der Waals surface area contributed by atoms with Gasteiger partial charge in [-0.15, -0.1) is 0 Å². The molecule has 0 fully saturated rings. The van der Waals surface area contributed by atoms with Crippen LogP contribution in [-0.4, -0.2) is 9.97 Å². The van der Waals surface area contributed by atoms with Crippen molar-refractivity contribution in [1.82, 2.24) is 9.97 Å². The number of nitrogens with two attached hydrogens (primary N) is 1. The van der Waals surface area contributed by atoms with Crippen LogP contribution in [0.3, 0.4) is 0 Å². The number of hydrogen-bond donors (Lipinski definition) is 1. The lowest BCUT2D eigenvalue weighted by molar-refractivity contribution is 0.945. The molecule has 0 amide bonds. The number of aromatic nitrogens is 2. The summed E-state index contributed by atoms with van der Waals surface area (Å²) in [5.41, 5.74) is 5.40. The Morgan fingerprint density at radius 2 is 2.30 bits per heavy atom. The molecule has 2 N–H and O–H groups in total. The van der Waals surface area contributed by atoms with E-state index in [4.69, 9.17) is 17.3 Å². The summed E-state index contributed by atoms with van der Waals surface area (Å²) < 4.78 is 0. The van der Waals surface area contributed by atoms with Gasteiger partial charge in [-0.3, -0.25) is 0 Å². The van der Waals surface area contributed by atoms with Gasteiger partial charge >= 0.3 is 0 Å². The summed E-state index contributed by atoms with van der Waals surface area (Å²) in [6.45, 7) is 1.95. The zero-order chi connectivity index (χ0) is 7.56. The third-order valence-corrected chi connectivity index (χ3v) is 1.27. The third-order valence-electron chi connectivity index (χ3n) is 1.08. The van der Waals surface area contributed by atoms with E-state index in [0.29, 0.717) is 16.8 Å². The van der Waals surface area contributed by atoms with E-state index in [-0.39, 0.29) is 0 Å². The maximum Gasteiger partial charge on any atom is 0.134 e. The summed E-state index contributed by atoms with van der Waals surface area (Å²) >= 11 is 5.60. The Kier molecular flexibility index (Phi) is 2.06. The molecule has 0 unspecified atom stereocenters. The minimum absolute atomic E-state index is 0.407. The molecular formula is C6H8ClN3. The van der Waals surface area contributed by atoms with Crippen LogP contribution in [0.1, 0.15) is 12.7 Å². The average Bonchev–Trinajstić information content (AvgIpc) is 1.85. The smallest absolute Gasteiger partial charge is 0.134 e. The molecule has 0 aliphatic carbocycles. The third kappa shape index (κ3) is 1.57. The zero-order valence-corrected chi connectivity index (χ0v) is 6.39.